The van der Waals surface area contributed by atoms with Crippen molar-refractivity contribution in [2.24, 2.45) is 5.14 Å². The summed E-state index contributed by atoms with van der Waals surface area (Å²) in [6.07, 6.45) is 1.28. The first-order valence-corrected chi connectivity index (χ1v) is 8.56. The summed E-state index contributed by atoms with van der Waals surface area (Å²) in [6, 6.07) is 3.83. The lowest BCUT2D eigenvalue weighted by atomic mass is 10.3. The van der Waals surface area contributed by atoms with Crippen LogP contribution in [0, 0.1) is 0 Å². The molecule has 0 saturated heterocycles. The maximum Gasteiger partial charge on any atom is 0.241 e. The van der Waals surface area contributed by atoms with Crippen molar-refractivity contribution in [2.45, 2.75) is 23.0 Å². The zero-order valence-corrected chi connectivity index (χ0v) is 11.8. The normalized spacial score (nSPS) is 16.1. The molecule has 9 heteroatoms. The van der Waals surface area contributed by atoms with Crippen LogP contribution in [0.25, 0.3) is 0 Å². The molecule has 0 heterocycles. The molecule has 106 valence electrons. The number of methoxy groups -OCH3 is 1. The van der Waals surface area contributed by atoms with Gasteiger partial charge in [0.2, 0.25) is 20.0 Å². The fourth-order valence-corrected chi connectivity index (χ4v) is 3.65. The van der Waals surface area contributed by atoms with Gasteiger partial charge in [-0.25, -0.2) is 22.0 Å². The minimum Gasteiger partial charge on any atom is -0.495 e. The maximum atomic E-state index is 11.7. The molecule has 0 amide bonds. The molecule has 19 heavy (non-hydrogen) atoms. The average molecular weight is 306 g/mol. The highest BCUT2D eigenvalue weighted by Gasteiger charge is 2.35. The number of primary sulfonamides is 1. The minimum atomic E-state index is -3.91. The molecule has 0 atom stereocenters. The third-order valence-corrected chi connectivity index (χ3v) is 5.51. The molecule has 0 unspecified atom stereocenters. The molecule has 1 aromatic rings. The molecule has 0 aromatic heterocycles. The quantitative estimate of drug-likeness (QED) is 0.809. The molecule has 3 N–H and O–H groups in total. The molecule has 1 aliphatic carbocycles. The van der Waals surface area contributed by atoms with Crippen molar-refractivity contribution in [2.75, 3.05) is 11.8 Å². The van der Waals surface area contributed by atoms with E-state index in [1.165, 1.54) is 25.3 Å². The van der Waals surface area contributed by atoms with Gasteiger partial charge in [-0.3, -0.25) is 4.72 Å². The van der Waals surface area contributed by atoms with E-state index in [1.807, 2.05) is 0 Å². The third-order valence-electron chi connectivity index (χ3n) is 2.69. The Balaban J connectivity index is 2.34. The summed E-state index contributed by atoms with van der Waals surface area (Å²) < 4.78 is 53.4. The van der Waals surface area contributed by atoms with E-state index in [0.717, 1.165) is 0 Å². The third kappa shape index (κ3) is 3.17. The summed E-state index contributed by atoms with van der Waals surface area (Å²) in [5.74, 6) is -0.00139. The van der Waals surface area contributed by atoms with Crippen molar-refractivity contribution < 1.29 is 21.6 Å². The molecular formula is C10H14N2O5S2. The van der Waals surface area contributed by atoms with E-state index >= 15 is 0 Å². The van der Waals surface area contributed by atoms with Crippen molar-refractivity contribution >= 4 is 25.7 Å². The van der Waals surface area contributed by atoms with Crippen molar-refractivity contribution in [3.05, 3.63) is 18.2 Å². The Bertz CT molecular complexity index is 693. The number of nitrogens with two attached hydrogens (primary N) is 1. The molecule has 1 saturated carbocycles. The summed E-state index contributed by atoms with van der Waals surface area (Å²) >= 11 is 0. The number of rotatable bonds is 5. The van der Waals surface area contributed by atoms with Gasteiger partial charge in [-0.1, -0.05) is 0 Å². The van der Waals surface area contributed by atoms with Gasteiger partial charge in [-0.15, -0.1) is 0 Å². The van der Waals surface area contributed by atoms with Crippen LogP contribution in [0.3, 0.4) is 0 Å². The summed E-state index contributed by atoms with van der Waals surface area (Å²) in [5, 5.41) is 4.66. The number of hydrogen-bond acceptors (Lipinski definition) is 5. The summed E-state index contributed by atoms with van der Waals surface area (Å²) in [5.41, 5.74) is 0.246. The Morgan fingerprint density at radius 3 is 2.37 bits per heavy atom. The zero-order valence-electron chi connectivity index (χ0n) is 10.2. The standard InChI is InChI=1S/C10H14N2O5S2/c1-17-9-6-7(2-5-10(9)18(11,13)14)12-19(15,16)8-3-4-8/h2,5-6,8,12H,3-4H2,1H3,(H2,11,13,14). The number of ether oxygens (including phenoxy) is 1. The highest BCUT2D eigenvalue weighted by atomic mass is 32.2. The van der Waals surface area contributed by atoms with E-state index in [4.69, 9.17) is 9.88 Å². The van der Waals surface area contributed by atoms with E-state index in [1.54, 1.807) is 0 Å². The average Bonchev–Trinajstić information content (AvgIpc) is 3.10. The van der Waals surface area contributed by atoms with Crippen molar-refractivity contribution in [3.8, 4) is 5.75 Å². The van der Waals surface area contributed by atoms with Gasteiger partial charge in [0.05, 0.1) is 18.0 Å². The van der Waals surface area contributed by atoms with Gasteiger partial charge in [-0.05, 0) is 25.0 Å². The first kappa shape index (κ1) is 14.1. The summed E-state index contributed by atoms with van der Waals surface area (Å²) in [4.78, 5) is -0.190. The van der Waals surface area contributed by atoms with E-state index in [0.29, 0.717) is 12.8 Å². The minimum absolute atomic E-state index is 0.00139. The molecule has 1 aromatic carbocycles. The number of benzene rings is 1. The SMILES string of the molecule is COc1cc(NS(=O)(=O)C2CC2)ccc1S(N)(=O)=O. The monoisotopic (exact) mass is 306 g/mol. The predicted octanol–water partition coefficient (Wildman–Crippen LogP) is 0.247. The van der Waals surface area contributed by atoms with Gasteiger partial charge in [0.25, 0.3) is 0 Å². The van der Waals surface area contributed by atoms with Crippen LogP contribution < -0.4 is 14.6 Å². The summed E-state index contributed by atoms with van der Waals surface area (Å²) in [7, 11) is -6.03. The molecule has 0 spiro atoms. The van der Waals surface area contributed by atoms with Crippen molar-refractivity contribution in [1.82, 2.24) is 0 Å². The van der Waals surface area contributed by atoms with Gasteiger partial charge in [-0.2, -0.15) is 0 Å². The topological polar surface area (TPSA) is 116 Å². The Labute approximate surface area is 111 Å². The first-order valence-electron chi connectivity index (χ1n) is 5.46. The lowest BCUT2D eigenvalue weighted by molar-refractivity contribution is 0.403. The fourth-order valence-electron chi connectivity index (χ4n) is 1.59. The summed E-state index contributed by atoms with van der Waals surface area (Å²) in [6.45, 7) is 0. The van der Waals surface area contributed by atoms with E-state index in [2.05, 4.69) is 4.72 Å². The van der Waals surface area contributed by atoms with Crippen LogP contribution in [0.4, 0.5) is 5.69 Å². The maximum absolute atomic E-state index is 11.7. The molecule has 0 aliphatic heterocycles. The Morgan fingerprint density at radius 1 is 1.26 bits per heavy atom. The highest BCUT2D eigenvalue weighted by Crippen LogP contribution is 2.32. The molecule has 1 fully saturated rings. The number of nitrogens with one attached hydrogen (secondary N) is 1. The predicted molar refractivity (Wildman–Crippen MR) is 69.9 cm³/mol. The van der Waals surface area contributed by atoms with Crippen molar-refractivity contribution in [3.63, 3.8) is 0 Å². The molecule has 7 nitrogen and oxygen atoms in total. The number of sulfonamides is 2. The van der Waals surface area contributed by atoms with Crippen LogP contribution >= 0.6 is 0 Å². The smallest absolute Gasteiger partial charge is 0.241 e. The lowest BCUT2D eigenvalue weighted by Crippen LogP contribution is -2.18. The van der Waals surface area contributed by atoms with Crippen LogP contribution in [0.15, 0.2) is 23.1 Å². The molecule has 2 rings (SSSR count). The van der Waals surface area contributed by atoms with Crippen LogP contribution in [-0.4, -0.2) is 29.2 Å². The molecule has 0 bridgehead atoms. The largest absolute Gasteiger partial charge is 0.495 e. The van der Waals surface area contributed by atoms with Crippen LogP contribution in [0.5, 0.6) is 5.75 Å². The van der Waals surface area contributed by atoms with Crippen LogP contribution in [0.2, 0.25) is 0 Å². The lowest BCUT2D eigenvalue weighted by Gasteiger charge is -2.11. The second-order valence-electron chi connectivity index (χ2n) is 4.26. The van der Waals surface area contributed by atoms with Crippen LogP contribution in [0.1, 0.15) is 12.8 Å². The second-order valence-corrected chi connectivity index (χ2v) is 7.75. The van der Waals surface area contributed by atoms with Gasteiger partial charge < -0.3 is 4.74 Å². The first-order chi connectivity index (χ1) is 8.74. The van der Waals surface area contributed by atoms with Gasteiger partial charge in [0, 0.05) is 6.07 Å². The molecule has 1 aliphatic rings. The van der Waals surface area contributed by atoms with Gasteiger partial charge in [0.15, 0.2) is 0 Å². The van der Waals surface area contributed by atoms with Gasteiger partial charge in [0.1, 0.15) is 10.6 Å². The Kier molecular flexibility index (Phi) is 3.45. The van der Waals surface area contributed by atoms with E-state index in [9.17, 15) is 16.8 Å². The molecular weight excluding hydrogens is 292 g/mol. The zero-order chi connectivity index (χ0) is 14.3. The Hall–Kier alpha value is -1.32. The second kappa shape index (κ2) is 4.66. The van der Waals surface area contributed by atoms with Crippen LogP contribution in [-0.2, 0) is 20.0 Å². The van der Waals surface area contributed by atoms with Crippen molar-refractivity contribution in [1.29, 1.82) is 0 Å². The fraction of sp³-hybridized carbons (Fsp3) is 0.400. The molecule has 0 radical (unpaired) electrons. The highest BCUT2D eigenvalue weighted by molar-refractivity contribution is 7.93. The number of hydrogen-bond donors (Lipinski definition) is 2. The van der Waals surface area contributed by atoms with E-state index < -0.39 is 20.0 Å². The number of anilines is 1. The van der Waals surface area contributed by atoms with Gasteiger partial charge >= 0.3 is 0 Å². The van der Waals surface area contributed by atoms with E-state index in [-0.39, 0.29) is 21.6 Å². The Morgan fingerprint density at radius 2 is 1.89 bits per heavy atom.